The number of aryl methyl sites for hydroxylation is 1. The van der Waals surface area contributed by atoms with Crippen LogP contribution in [0.2, 0.25) is 0 Å². The lowest BCUT2D eigenvalue weighted by Crippen LogP contribution is -2.63. The number of carbonyl (C=O) groups excluding carboxylic acids is 4. The van der Waals surface area contributed by atoms with E-state index in [1.807, 2.05) is 22.5 Å². The number of halogens is 1. The quantitative estimate of drug-likeness (QED) is 0.0657. The molecule has 1 aromatic heterocycles. The van der Waals surface area contributed by atoms with Crippen LogP contribution < -0.4 is 10.3 Å². The third kappa shape index (κ3) is 10.3. The summed E-state index contributed by atoms with van der Waals surface area (Å²) in [5.74, 6) is -1.27. The van der Waals surface area contributed by atoms with E-state index in [1.165, 1.54) is 18.9 Å². The van der Waals surface area contributed by atoms with Crippen molar-refractivity contribution in [3.63, 3.8) is 0 Å². The van der Waals surface area contributed by atoms with E-state index in [4.69, 9.17) is 14.2 Å². The fourth-order valence-corrected chi connectivity index (χ4v) is 16.7. The Balaban J connectivity index is 0.751. The molecule has 73 heavy (non-hydrogen) atoms. The molecule has 1 aromatic carbocycles. The van der Waals surface area contributed by atoms with Crippen LogP contribution in [0.25, 0.3) is 10.9 Å². The van der Waals surface area contributed by atoms with Crippen molar-refractivity contribution in [2.75, 3.05) is 37.4 Å². The van der Waals surface area contributed by atoms with Gasteiger partial charge in [0, 0.05) is 89.1 Å². The first-order valence-corrected chi connectivity index (χ1v) is 29.3. The second kappa shape index (κ2) is 22.1. The van der Waals surface area contributed by atoms with Crippen molar-refractivity contribution in [3.05, 3.63) is 52.1 Å². The maximum Gasteiger partial charge on any atom is 0.343 e. The number of unbranched alkanes of at least 4 members (excludes halogenated alkanes) is 6. The highest BCUT2D eigenvalue weighted by Crippen LogP contribution is 2.68. The molecule has 3 saturated heterocycles. The smallest absolute Gasteiger partial charge is 0.343 e. The molecule has 0 radical (unpaired) electrons. The summed E-state index contributed by atoms with van der Waals surface area (Å²) >= 11 is 1.74. The summed E-state index contributed by atoms with van der Waals surface area (Å²) in [6, 6.07) is 2.49. The molecule has 11 atom stereocenters. The number of rotatable bonds is 18. The molecule has 4 bridgehead atoms. The number of ketones is 1. The van der Waals surface area contributed by atoms with Crippen LogP contribution >= 0.6 is 11.8 Å². The predicted molar refractivity (Wildman–Crippen MR) is 284 cm³/mol. The molecule has 7 aliphatic rings. The number of nitrogens with zero attached hydrogens (tertiary/aromatic N) is 3. The van der Waals surface area contributed by atoms with Crippen molar-refractivity contribution < 1.29 is 42.9 Å². The summed E-state index contributed by atoms with van der Waals surface area (Å²) in [5, 5.41) is 10.7. The van der Waals surface area contributed by atoms with Crippen LogP contribution in [0.1, 0.15) is 185 Å². The van der Waals surface area contributed by atoms with Crippen molar-refractivity contribution in [2.24, 2.45) is 34.0 Å². The molecule has 0 amide bonds. The molecule has 1 N–H and O–H groups in total. The minimum Gasteiger partial charge on any atom is -0.462 e. The standard InChI is InChI=1S/C59H84FN3O9S/c1-8-57(5)33-48(71-50(67)35-73-42-30-39-18-19-40(31-42)61(39)7)58(6)36(2)21-25-59(26-22-47(65)54(58)59)38(4)55(57)72-49(66)16-14-12-10-9-11-13-15-29-70-56(69)45-34-63-37(3)17-20-43-51(63)44(53(45)68)32-46(60)52(43)62-27-23-41(64)24-28-62/h8,32,34,36-42,48,54-55,64H,1,9-31,33,35H2,2-7H3/t36?,37?,38-,39?,40?,42?,48+,54?,55-,57+,58-,59?/m1/s1. The number of fused-ring (bicyclic) bond motifs is 2. The summed E-state index contributed by atoms with van der Waals surface area (Å²) in [6.07, 6.45) is 18.9. The number of hydrogen-bond acceptors (Lipinski definition) is 12. The van der Waals surface area contributed by atoms with Crippen LogP contribution in [0.5, 0.6) is 0 Å². The zero-order valence-electron chi connectivity index (χ0n) is 44.7. The average molecular weight is 1030 g/mol. The van der Waals surface area contributed by atoms with Crippen LogP contribution in [0.4, 0.5) is 10.1 Å². The van der Waals surface area contributed by atoms with Gasteiger partial charge < -0.3 is 33.7 Å². The Hall–Kier alpha value is -3.75. The Bertz CT molecular complexity index is 2460. The first kappa shape index (κ1) is 54.1. The fraction of sp³-hybridized carbons (Fsp3) is 0.746. The van der Waals surface area contributed by atoms with E-state index in [0.29, 0.717) is 98.7 Å². The number of aromatic nitrogens is 1. The zero-order valence-corrected chi connectivity index (χ0v) is 45.5. The molecule has 2 aromatic rings. The normalized spacial score (nSPS) is 34.3. The van der Waals surface area contributed by atoms with E-state index in [0.717, 1.165) is 76.2 Å². The third-order valence-electron chi connectivity index (χ3n) is 20.2. The lowest BCUT2D eigenvalue weighted by atomic mass is 9.44. The molecule has 4 aliphatic heterocycles. The highest BCUT2D eigenvalue weighted by molar-refractivity contribution is 8.00. The first-order chi connectivity index (χ1) is 34.9. The molecule has 5 heterocycles. The largest absolute Gasteiger partial charge is 0.462 e. The van der Waals surface area contributed by atoms with Gasteiger partial charge in [-0.1, -0.05) is 65.9 Å². The number of aliphatic hydroxyl groups is 1. The van der Waals surface area contributed by atoms with Gasteiger partial charge in [0.05, 0.1) is 29.7 Å². The summed E-state index contributed by atoms with van der Waals surface area (Å²) in [7, 11) is 2.23. The van der Waals surface area contributed by atoms with Crippen molar-refractivity contribution in [1.82, 2.24) is 9.47 Å². The minimum absolute atomic E-state index is 0.0165. The lowest BCUT2D eigenvalue weighted by Gasteiger charge is -2.62. The molecule has 9 rings (SSSR count). The van der Waals surface area contributed by atoms with Crippen LogP contribution in [-0.2, 0) is 35.0 Å². The number of pyridine rings is 1. The van der Waals surface area contributed by atoms with Gasteiger partial charge in [0.25, 0.3) is 0 Å². The number of thioether (sulfide) groups is 1. The molecular formula is C59H84FN3O9S. The SMILES string of the molecule is C=C[C@@]1(C)C[C@H](OC(=O)CSC2CC3CCC(C2)N3C)[C@@]2(C)C(C)CCC3(CCC(=O)C32)[C@H](C)[C@H]1OC(=O)CCCCCCCCCOC(=O)c1cn2c3c(c(N4CCC(O)CC4)c(F)cc3c1=O)CCC2C. The van der Waals surface area contributed by atoms with Crippen LogP contribution in [0.3, 0.4) is 0 Å². The Kier molecular flexibility index (Phi) is 16.3. The van der Waals surface area contributed by atoms with Crippen LogP contribution in [0, 0.1) is 39.8 Å². The number of benzene rings is 1. The maximum atomic E-state index is 15.8. The highest BCUT2D eigenvalue weighted by Gasteiger charge is 2.69. The average Bonchev–Trinajstić information content (AvgIpc) is 3.81. The van der Waals surface area contributed by atoms with Gasteiger partial charge in [-0.2, -0.15) is 0 Å². The van der Waals surface area contributed by atoms with Gasteiger partial charge >= 0.3 is 17.9 Å². The molecule has 6 fully saturated rings. The van der Waals surface area contributed by atoms with Gasteiger partial charge in [-0.3, -0.25) is 19.2 Å². The van der Waals surface area contributed by atoms with Gasteiger partial charge in [0.1, 0.15) is 29.4 Å². The summed E-state index contributed by atoms with van der Waals surface area (Å²) in [4.78, 5) is 73.6. The Morgan fingerprint density at radius 3 is 2.27 bits per heavy atom. The molecule has 6 unspecified atom stereocenters. The zero-order chi connectivity index (χ0) is 52.0. The van der Waals surface area contributed by atoms with Crippen molar-refractivity contribution in [3.8, 4) is 0 Å². The van der Waals surface area contributed by atoms with Gasteiger partial charge in [-0.25, -0.2) is 9.18 Å². The van der Waals surface area contributed by atoms with Crippen LogP contribution in [-0.4, -0.2) is 106 Å². The van der Waals surface area contributed by atoms with Gasteiger partial charge in [-0.15, -0.1) is 18.3 Å². The van der Waals surface area contributed by atoms with Crippen molar-refractivity contribution in [1.29, 1.82) is 0 Å². The molecule has 3 aliphatic carbocycles. The Morgan fingerprint density at radius 2 is 1.58 bits per heavy atom. The molecule has 12 nitrogen and oxygen atoms in total. The number of anilines is 1. The Labute approximate surface area is 437 Å². The van der Waals surface area contributed by atoms with Gasteiger partial charge in [0.2, 0.25) is 5.43 Å². The fourth-order valence-electron chi connectivity index (χ4n) is 15.5. The van der Waals surface area contributed by atoms with E-state index < -0.39 is 40.3 Å². The number of ether oxygens (including phenoxy) is 3. The second-order valence-electron chi connectivity index (χ2n) is 24.3. The number of esters is 3. The molecule has 14 heteroatoms. The molecule has 0 spiro atoms. The maximum absolute atomic E-state index is 15.8. The number of aliphatic hydroxyl groups excluding tert-OH is 1. The van der Waals surface area contributed by atoms with E-state index in [1.54, 1.807) is 18.0 Å². The Morgan fingerprint density at radius 1 is 0.890 bits per heavy atom. The summed E-state index contributed by atoms with van der Waals surface area (Å²) < 4.78 is 36.7. The number of piperidine rings is 2. The van der Waals surface area contributed by atoms with E-state index in [2.05, 4.69) is 46.2 Å². The van der Waals surface area contributed by atoms with E-state index in [-0.39, 0.29) is 70.6 Å². The van der Waals surface area contributed by atoms with Gasteiger partial charge in [-0.05, 0) is 121 Å². The number of Topliss-reactive ketones (excluding diaryl/α,β-unsaturated/α-hetero) is 1. The molecular weight excluding hydrogens is 946 g/mol. The number of hydrogen-bond donors (Lipinski definition) is 1. The number of carbonyl (C=O) groups is 4. The highest BCUT2D eigenvalue weighted by atomic mass is 32.2. The minimum atomic E-state index is -0.691. The monoisotopic (exact) mass is 1030 g/mol. The topological polar surface area (TPSA) is 145 Å². The van der Waals surface area contributed by atoms with Gasteiger partial charge in [0.15, 0.2) is 0 Å². The first-order valence-electron chi connectivity index (χ1n) is 28.3. The van der Waals surface area contributed by atoms with E-state index >= 15 is 4.39 Å². The van der Waals surface area contributed by atoms with Crippen LogP contribution in [0.15, 0.2) is 29.7 Å². The molecule has 402 valence electrons. The van der Waals surface area contributed by atoms with Crippen molar-refractivity contribution >= 4 is 52.0 Å². The summed E-state index contributed by atoms with van der Waals surface area (Å²) in [6.45, 7) is 16.4. The predicted octanol–water partition coefficient (Wildman–Crippen LogP) is 10.7. The van der Waals surface area contributed by atoms with E-state index in [9.17, 15) is 29.1 Å². The molecule has 3 saturated carbocycles. The second-order valence-corrected chi connectivity index (χ2v) is 25.6. The van der Waals surface area contributed by atoms with Crippen molar-refractivity contribution in [2.45, 2.75) is 211 Å². The lowest BCUT2D eigenvalue weighted by molar-refractivity contribution is -0.212. The third-order valence-corrected chi connectivity index (χ3v) is 21.4. The summed E-state index contributed by atoms with van der Waals surface area (Å²) in [5.41, 5.74) is -0.222.